The number of alkyl halides is 5. The molecule has 1 saturated carbocycles. The number of piperidine rings is 2. The van der Waals surface area contributed by atoms with Crippen molar-refractivity contribution in [3.05, 3.63) is 71.8 Å². The predicted molar refractivity (Wildman–Crippen MR) is 220 cm³/mol. The average molecular weight is 847 g/mol. The number of hydrogen-bond donors (Lipinski definition) is 2. The average Bonchev–Trinajstić information content (AvgIpc) is 3.19. The van der Waals surface area contributed by atoms with Crippen LogP contribution >= 0.6 is 11.9 Å². The van der Waals surface area contributed by atoms with Gasteiger partial charge in [0.2, 0.25) is 11.9 Å². The molecule has 2 atom stereocenters. The van der Waals surface area contributed by atoms with Gasteiger partial charge in [0.1, 0.15) is 17.2 Å². The van der Waals surface area contributed by atoms with Crippen molar-refractivity contribution in [2.45, 2.75) is 88.3 Å². The number of anilines is 4. The van der Waals surface area contributed by atoms with Gasteiger partial charge in [0.25, 0.3) is 0 Å². The number of amides is 1. The number of carbonyl (C=O) groups excluding carboxylic acids is 1. The summed E-state index contributed by atoms with van der Waals surface area (Å²) in [5.41, 5.74) is 1.31. The normalized spacial score (nSPS) is 21.0. The summed E-state index contributed by atoms with van der Waals surface area (Å²) < 4.78 is 90.9. The largest absolute Gasteiger partial charge is 0.433 e. The lowest BCUT2D eigenvalue weighted by molar-refractivity contribution is -0.137. The summed E-state index contributed by atoms with van der Waals surface area (Å²) in [5.74, 6) is -0.493. The summed E-state index contributed by atoms with van der Waals surface area (Å²) in [7, 11) is 2.08. The van der Waals surface area contributed by atoms with E-state index in [9.17, 15) is 31.1 Å². The molecule has 10 nitrogen and oxygen atoms in total. The van der Waals surface area contributed by atoms with Gasteiger partial charge >= 0.3 is 12.8 Å². The standard InChI is InChI=1S/C25H30F5N5OS.C17H22FN3O/c1-16-6-5-11-35(15-16)22-19(25(28,29)30)14-31-24(34-22)33-20-10-9-18(12-21(20)36-23(26)27)37-32-13-17-7-3-2-4-8-17;1-12-3-5-14(17(22)19-12)13-4-6-16(15(18)11-13)21-9-7-20(2)8-10-21/h9-10,12-14,16-17,23H,2-8,11,15H2,1H3,(H,31,33,34);4,6,11,14H,1,3,5,7-10H2,2H3,(H,19,22). The molecule has 320 valence electrons. The second-order valence-corrected chi connectivity index (χ2v) is 16.6. The molecule has 0 radical (unpaired) electrons. The van der Waals surface area contributed by atoms with E-state index in [0.29, 0.717) is 36.0 Å². The Bertz CT molecular complexity index is 1940. The summed E-state index contributed by atoms with van der Waals surface area (Å²) in [6, 6.07) is 9.79. The lowest BCUT2D eigenvalue weighted by atomic mass is 9.89. The van der Waals surface area contributed by atoms with Crippen LogP contribution in [0, 0.1) is 17.7 Å². The second kappa shape index (κ2) is 20.2. The molecule has 2 aromatic carbocycles. The first-order valence-corrected chi connectivity index (χ1v) is 21.0. The van der Waals surface area contributed by atoms with Crippen molar-refractivity contribution < 1.29 is 35.9 Å². The molecule has 2 N–H and O–H groups in total. The van der Waals surface area contributed by atoms with Crippen molar-refractivity contribution in [2.75, 3.05) is 61.4 Å². The number of nitrogens with zero attached hydrogens (tertiary/aromatic N) is 6. The van der Waals surface area contributed by atoms with Crippen molar-refractivity contribution in [3.63, 3.8) is 0 Å². The minimum Gasteiger partial charge on any atom is -0.433 e. The van der Waals surface area contributed by atoms with Crippen LogP contribution in [0.2, 0.25) is 0 Å². The molecule has 0 spiro atoms. The Morgan fingerprint density at radius 3 is 2.44 bits per heavy atom. The number of piperazine rings is 1. The van der Waals surface area contributed by atoms with E-state index in [1.54, 1.807) is 11.0 Å². The van der Waals surface area contributed by atoms with E-state index in [1.807, 2.05) is 25.3 Å². The highest BCUT2D eigenvalue weighted by Gasteiger charge is 2.38. The van der Waals surface area contributed by atoms with Crippen LogP contribution in [-0.2, 0) is 11.0 Å². The summed E-state index contributed by atoms with van der Waals surface area (Å²) in [6.45, 7) is 7.08. The fourth-order valence-corrected chi connectivity index (χ4v) is 8.47. The van der Waals surface area contributed by atoms with E-state index in [-0.39, 0.29) is 46.8 Å². The fraction of sp³-hybridized carbons (Fsp3) is 0.524. The minimum absolute atomic E-state index is 0.0806. The molecule has 1 amide bonds. The number of allylic oxidation sites excluding steroid dienone is 1. The third-order valence-electron chi connectivity index (χ3n) is 11.1. The monoisotopic (exact) mass is 846 g/mol. The molecule has 7 rings (SSSR count). The van der Waals surface area contributed by atoms with Crippen LogP contribution in [0.4, 0.5) is 49.5 Å². The number of halogens is 6. The van der Waals surface area contributed by atoms with Gasteiger partial charge in [-0.15, -0.1) is 0 Å². The number of rotatable bonds is 10. The van der Waals surface area contributed by atoms with E-state index in [0.717, 1.165) is 87.7 Å². The molecule has 2 unspecified atom stereocenters. The Balaban J connectivity index is 0.000000226. The van der Waals surface area contributed by atoms with Crippen LogP contribution in [0.5, 0.6) is 5.75 Å². The minimum atomic E-state index is -4.63. The van der Waals surface area contributed by atoms with Gasteiger partial charge in [0.05, 0.1) is 17.3 Å². The zero-order chi connectivity index (χ0) is 42.1. The van der Waals surface area contributed by atoms with Crippen molar-refractivity contribution >= 4 is 47.2 Å². The van der Waals surface area contributed by atoms with Crippen molar-refractivity contribution in [2.24, 2.45) is 16.2 Å². The molecular weight excluding hydrogens is 795 g/mol. The highest BCUT2D eigenvalue weighted by Crippen LogP contribution is 2.39. The first-order chi connectivity index (χ1) is 28.2. The first kappa shape index (κ1) is 44.1. The van der Waals surface area contributed by atoms with Crippen LogP contribution in [0.25, 0.3) is 0 Å². The third kappa shape index (κ3) is 12.3. The van der Waals surface area contributed by atoms with Gasteiger partial charge in [-0.3, -0.25) is 4.79 Å². The van der Waals surface area contributed by atoms with Crippen molar-refractivity contribution in [1.29, 1.82) is 0 Å². The van der Waals surface area contributed by atoms with E-state index in [1.165, 1.54) is 37.5 Å². The molecule has 17 heteroatoms. The number of nitrogens with one attached hydrogen (secondary N) is 2. The van der Waals surface area contributed by atoms with E-state index in [2.05, 4.69) is 53.2 Å². The zero-order valence-electron chi connectivity index (χ0n) is 33.4. The molecule has 3 saturated heterocycles. The van der Waals surface area contributed by atoms with E-state index < -0.39 is 18.4 Å². The molecule has 4 aliphatic rings. The molecule has 4 heterocycles. The third-order valence-corrected chi connectivity index (χ3v) is 11.8. The molecule has 1 aliphatic carbocycles. The van der Waals surface area contributed by atoms with Crippen LogP contribution in [0.1, 0.15) is 81.8 Å². The summed E-state index contributed by atoms with van der Waals surface area (Å²) >= 11 is 1.15. The Kier molecular flexibility index (Phi) is 15.1. The maximum Gasteiger partial charge on any atom is 0.421 e. The van der Waals surface area contributed by atoms with Gasteiger partial charge in [-0.1, -0.05) is 38.8 Å². The molecule has 0 bridgehead atoms. The maximum atomic E-state index is 14.5. The highest BCUT2D eigenvalue weighted by atomic mass is 32.2. The number of carbonyl (C=O) groups is 1. The number of hydrogen-bond acceptors (Lipinski definition) is 10. The Morgan fingerprint density at radius 2 is 1.76 bits per heavy atom. The first-order valence-electron chi connectivity index (χ1n) is 20.2. The quantitative estimate of drug-likeness (QED) is 0.117. The molecule has 59 heavy (non-hydrogen) atoms. The number of ether oxygens (including phenoxy) is 1. The number of aromatic nitrogens is 2. The SMILES string of the molecule is C=C1CCC(c2ccc(N3CCN(C)CC3)c(F)c2)C(=O)N1.CC1CCCN(c2nc(Nc3ccc(SN=CC4CCCCC4)cc3OC(F)F)ncc2C(F)(F)F)C1. The van der Waals surface area contributed by atoms with Crippen molar-refractivity contribution in [1.82, 2.24) is 20.2 Å². The molecule has 3 aliphatic heterocycles. The van der Waals surface area contributed by atoms with Gasteiger partial charge in [-0.05, 0) is 93.3 Å². The zero-order valence-corrected chi connectivity index (χ0v) is 34.2. The smallest absolute Gasteiger partial charge is 0.421 e. The van der Waals surface area contributed by atoms with E-state index in [4.69, 9.17) is 0 Å². The summed E-state index contributed by atoms with van der Waals surface area (Å²) in [5, 5.41) is 5.52. The summed E-state index contributed by atoms with van der Waals surface area (Å²) in [6.07, 6.45) is 6.91. The van der Waals surface area contributed by atoms with Gasteiger partial charge in [0.15, 0.2) is 5.75 Å². The van der Waals surface area contributed by atoms with Gasteiger partial charge in [-0.2, -0.15) is 26.9 Å². The van der Waals surface area contributed by atoms with Crippen LogP contribution in [-0.4, -0.2) is 79.9 Å². The predicted octanol–water partition coefficient (Wildman–Crippen LogP) is 9.82. The molecule has 3 aromatic rings. The van der Waals surface area contributed by atoms with Crippen molar-refractivity contribution in [3.8, 4) is 5.75 Å². The number of benzene rings is 2. The van der Waals surface area contributed by atoms with Crippen LogP contribution in [0.3, 0.4) is 0 Å². The molecule has 4 fully saturated rings. The maximum absolute atomic E-state index is 14.5. The summed E-state index contributed by atoms with van der Waals surface area (Å²) in [4.78, 5) is 26.5. The Hall–Kier alpha value is -4.51. The lowest BCUT2D eigenvalue weighted by Crippen LogP contribution is -2.44. The molecular formula is C42H52F6N8O2S. The van der Waals surface area contributed by atoms with E-state index >= 15 is 0 Å². The van der Waals surface area contributed by atoms with Crippen LogP contribution in [0.15, 0.2) is 64.2 Å². The van der Waals surface area contributed by atoms with Gasteiger partial charge in [0, 0.05) is 74.2 Å². The fourth-order valence-electron chi connectivity index (χ4n) is 7.83. The topological polar surface area (TPSA) is 98.2 Å². The Morgan fingerprint density at radius 1 is 1.00 bits per heavy atom. The van der Waals surface area contributed by atoms with Gasteiger partial charge < -0.3 is 30.1 Å². The van der Waals surface area contributed by atoms with Gasteiger partial charge in [-0.25, -0.2) is 13.8 Å². The second-order valence-electron chi connectivity index (χ2n) is 15.7. The van der Waals surface area contributed by atoms with Crippen LogP contribution < -0.4 is 25.2 Å². The highest BCUT2D eigenvalue weighted by molar-refractivity contribution is 7.98. The Labute approximate surface area is 346 Å². The lowest BCUT2D eigenvalue weighted by Gasteiger charge is -2.34. The number of likely N-dealkylation sites (N-methyl/N-ethyl adjacent to an activating group) is 1. The molecule has 1 aromatic heterocycles.